The molecule has 154 valence electrons. The normalized spacial score (nSPS) is 15.6. The lowest BCUT2D eigenvalue weighted by molar-refractivity contribution is -0.139. The Bertz CT molecular complexity index is 849. The van der Waals surface area contributed by atoms with E-state index in [2.05, 4.69) is 5.32 Å². The second kappa shape index (κ2) is 9.76. The molecule has 3 rings (SSSR count). The monoisotopic (exact) mass is 415 g/mol. The van der Waals surface area contributed by atoms with E-state index in [0.717, 1.165) is 5.56 Å². The molecule has 2 aromatic carbocycles. The average molecular weight is 416 g/mol. The van der Waals surface area contributed by atoms with Gasteiger partial charge < -0.3 is 15.0 Å². The van der Waals surface area contributed by atoms with Gasteiger partial charge in [0, 0.05) is 26.2 Å². The van der Waals surface area contributed by atoms with Crippen molar-refractivity contribution < 1.29 is 14.3 Å². The highest BCUT2D eigenvalue weighted by molar-refractivity contribution is 6.33. The highest BCUT2D eigenvalue weighted by atomic mass is 35.5. The van der Waals surface area contributed by atoms with E-state index in [0.29, 0.717) is 42.6 Å². The van der Waals surface area contributed by atoms with Gasteiger partial charge in [0.1, 0.15) is 5.75 Å². The molecule has 1 N–H and O–H groups in total. The van der Waals surface area contributed by atoms with E-state index in [-0.39, 0.29) is 18.4 Å². The minimum Gasteiger partial charge on any atom is -0.481 e. The Balaban J connectivity index is 1.44. The number of nitrogens with one attached hydrogen (secondary N) is 1. The number of carbonyl (C=O) groups excluding carboxylic acids is 2. The molecular weight excluding hydrogens is 390 g/mol. The van der Waals surface area contributed by atoms with Crippen molar-refractivity contribution in [3.8, 4) is 5.75 Å². The van der Waals surface area contributed by atoms with Crippen LogP contribution in [0.3, 0.4) is 0 Å². The highest BCUT2D eigenvalue weighted by Crippen LogP contribution is 2.20. The van der Waals surface area contributed by atoms with Gasteiger partial charge >= 0.3 is 0 Å². The molecule has 1 atom stereocenters. The van der Waals surface area contributed by atoms with Crippen molar-refractivity contribution in [2.45, 2.75) is 20.0 Å². The number of para-hydroxylation sites is 1. The minimum absolute atomic E-state index is 0.0363. The van der Waals surface area contributed by atoms with E-state index in [4.69, 9.17) is 16.3 Å². The number of carbonyl (C=O) groups is 2. The lowest BCUT2D eigenvalue weighted by atomic mass is 10.2. The maximum Gasteiger partial charge on any atom is 0.263 e. The molecule has 0 radical (unpaired) electrons. The molecule has 29 heavy (non-hydrogen) atoms. The van der Waals surface area contributed by atoms with Crippen molar-refractivity contribution in [2.75, 3.05) is 38.0 Å². The number of halogens is 1. The first-order valence-electron chi connectivity index (χ1n) is 9.71. The van der Waals surface area contributed by atoms with Crippen LogP contribution in [0.15, 0.2) is 48.5 Å². The van der Waals surface area contributed by atoms with Crippen LogP contribution in [0.25, 0.3) is 0 Å². The van der Waals surface area contributed by atoms with E-state index in [9.17, 15) is 9.59 Å². The molecule has 0 unspecified atom stereocenters. The molecule has 0 aliphatic carbocycles. The Labute approximate surface area is 176 Å². The van der Waals surface area contributed by atoms with E-state index in [1.165, 1.54) is 0 Å². The van der Waals surface area contributed by atoms with E-state index in [1.54, 1.807) is 24.0 Å². The molecule has 1 aliphatic heterocycles. The molecule has 0 spiro atoms. The van der Waals surface area contributed by atoms with Crippen LogP contribution in [0.1, 0.15) is 12.5 Å². The second-order valence-corrected chi connectivity index (χ2v) is 7.61. The Morgan fingerprint density at radius 3 is 2.38 bits per heavy atom. The number of benzene rings is 2. The summed E-state index contributed by atoms with van der Waals surface area (Å²) in [6, 6.07) is 14.8. The predicted molar refractivity (Wildman–Crippen MR) is 114 cm³/mol. The van der Waals surface area contributed by atoms with Crippen molar-refractivity contribution in [2.24, 2.45) is 0 Å². The maximum absolute atomic E-state index is 12.7. The van der Waals surface area contributed by atoms with Crippen molar-refractivity contribution in [3.05, 3.63) is 59.1 Å². The zero-order chi connectivity index (χ0) is 20.8. The summed E-state index contributed by atoms with van der Waals surface area (Å²) in [5.74, 6) is 0.533. The number of ether oxygens (including phenoxy) is 1. The smallest absolute Gasteiger partial charge is 0.263 e. The summed E-state index contributed by atoms with van der Waals surface area (Å²) in [4.78, 5) is 28.8. The van der Waals surface area contributed by atoms with Gasteiger partial charge in [-0.1, -0.05) is 41.4 Å². The zero-order valence-electron chi connectivity index (χ0n) is 16.7. The fourth-order valence-corrected chi connectivity index (χ4v) is 3.39. The molecule has 7 heteroatoms. The Morgan fingerprint density at radius 2 is 1.72 bits per heavy atom. The van der Waals surface area contributed by atoms with Gasteiger partial charge in [0.2, 0.25) is 5.91 Å². The van der Waals surface area contributed by atoms with Gasteiger partial charge in [0.15, 0.2) is 6.10 Å². The van der Waals surface area contributed by atoms with E-state index >= 15 is 0 Å². The van der Waals surface area contributed by atoms with Gasteiger partial charge in [-0.2, -0.15) is 0 Å². The average Bonchev–Trinajstić information content (AvgIpc) is 2.71. The quantitative estimate of drug-likeness (QED) is 0.787. The number of anilines is 1. The Morgan fingerprint density at radius 1 is 1.07 bits per heavy atom. The second-order valence-electron chi connectivity index (χ2n) is 7.20. The Kier molecular flexibility index (Phi) is 7.12. The first-order valence-corrected chi connectivity index (χ1v) is 10.1. The van der Waals surface area contributed by atoms with E-state index in [1.807, 2.05) is 48.2 Å². The molecule has 2 amide bonds. The molecule has 6 nitrogen and oxygen atoms in total. The summed E-state index contributed by atoms with van der Waals surface area (Å²) in [5, 5.41) is 3.34. The number of hydrogen-bond donors (Lipinski definition) is 1. The Hall–Kier alpha value is -2.57. The first-order chi connectivity index (χ1) is 13.9. The molecule has 0 bridgehead atoms. The van der Waals surface area contributed by atoms with Gasteiger partial charge in [-0.15, -0.1) is 0 Å². The molecule has 1 saturated heterocycles. The van der Waals surface area contributed by atoms with Crippen LogP contribution < -0.4 is 10.1 Å². The van der Waals surface area contributed by atoms with Crippen LogP contribution >= 0.6 is 11.6 Å². The summed E-state index contributed by atoms with van der Waals surface area (Å²) in [7, 11) is 0. The van der Waals surface area contributed by atoms with Gasteiger partial charge in [0.25, 0.3) is 5.91 Å². The summed E-state index contributed by atoms with van der Waals surface area (Å²) in [6.45, 7) is 6.46. The predicted octanol–water partition coefficient (Wildman–Crippen LogP) is 3.20. The number of piperazine rings is 1. The van der Waals surface area contributed by atoms with Gasteiger partial charge in [-0.05, 0) is 38.1 Å². The van der Waals surface area contributed by atoms with Crippen LogP contribution in [0, 0.1) is 6.92 Å². The zero-order valence-corrected chi connectivity index (χ0v) is 17.5. The lowest BCUT2D eigenvalue weighted by Crippen LogP contribution is -2.53. The third kappa shape index (κ3) is 5.95. The molecular formula is C22H26ClN3O3. The number of hydrogen-bond acceptors (Lipinski definition) is 4. The van der Waals surface area contributed by atoms with Crippen molar-refractivity contribution >= 4 is 29.1 Å². The third-order valence-electron chi connectivity index (χ3n) is 4.88. The molecule has 0 aromatic heterocycles. The molecule has 1 heterocycles. The van der Waals surface area contributed by atoms with Crippen molar-refractivity contribution in [1.29, 1.82) is 0 Å². The lowest BCUT2D eigenvalue weighted by Gasteiger charge is -2.35. The largest absolute Gasteiger partial charge is 0.481 e. The summed E-state index contributed by atoms with van der Waals surface area (Å²) in [5.41, 5.74) is 1.75. The number of rotatable bonds is 6. The SMILES string of the molecule is Cc1ccc(O[C@@H](C)C(=O)N2CCN(CC(=O)Nc3ccccc3Cl)CC2)cc1. The minimum atomic E-state index is -0.548. The summed E-state index contributed by atoms with van der Waals surface area (Å²) >= 11 is 6.08. The highest BCUT2D eigenvalue weighted by Gasteiger charge is 2.26. The van der Waals surface area contributed by atoms with Gasteiger partial charge in [-0.25, -0.2) is 0 Å². The fourth-order valence-electron chi connectivity index (χ4n) is 3.21. The summed E-state index contributed by atoms with van der Waals surface area (Å²) in [6.07, 6.45) is -0.548. The number of amides is 2. The van der Waals surface area contributed by atoms with Gasteiger partial charge in [-0.3, -0.25) is 14.5 Å². The van der Waals surface area contributed by atoms with Crippen LogP contribution in [0.2, 0.25) is 5.02 Å². The molecule has 0 saturated carbocycles. The fraction of sp³-hybridized carbons (Fsp3) is 0.364. The third-order valence-corrected chi connectivity index (χ3v) is 5.21. The van der Waals surface area contributed by atoms with E-state index < -0.39 is 6.10 Å². The van der Waals surface area contributed by atoms with Crippen LogP contribution in [0.4, 0.5) is 5.69 Å². The summed E-state index contributed by atoms with van der Waals surface area (Å²) < 4.78 is 5.77. The topological polar surface area (TPSA) is 61.9 Å². The number of aryl methyl sites for hydroxylation is 1. The van der Waals surface area contributed by atoms with Crippen LogP contribution in [-0.2, 0) is 9.59 Å². The van der Waals surface area contributed by atoms with Crippen LogP contribution in [-0.4, -0.2) is 60.4 Å². The standard InChI is InChI=1S/C22H26ClN3O3/c1-16-7-9-18(10-8-16)29-17(2)22(28)26-13-11-25(12-14-26)15-21(27)24-20-6-4-3-5-19(20)23/h3-10,17H,11-15H2,1-2H3,(H,24,27)/t17-/m0/s1. The maximum atomic E-state index is 12.7. The van der Waals surface area contributed by atoms with Gasteiger partial charge in [0.05, 0.1) is 17.3 Å². The van der Waals surface area contributed by atoms with Crippen LogP contribution in [0.5, 0.6) is 5.75 Å². The molecule has 1 aliphatic rings. The number of nitrogens with zero attached hydrogens (tertiary/aromatic N) is 2. The van der Waals surface area contributed by atoms with Crippen molar-refractivity contribution in [1.82, 2.24) is 9.80 Å². The molecule has 2 aromatic rings. The first kappa shape index (κ1) is 21.1. The molecule has 1 fully saturated rings. The van der Waals surface area contributed by atoms with Crippen molar-refractivity contribution in [3.63, 3.8) is 0 Å².